The van der Waals surface area contributed by atoms with Gasteiger partial charge in [-0.25, -0.2) is 0 Å². The van der Waals surface area contributed by atoms with Gasteiger partial charge in [0.2, 0.25) is 11.8 Å². The maximum atomic E-state index is 13.0. The van der Waals surface area contributed by atoms with Crippen molar-refractivity contribution in [3.8, 4) is 0 Å². The molecule has 1 N–H and O–H groups in total. The number of hydrogen-bond acceptors (Lipinski definition) is 4. The highest BCUT2D eigenvalue weighted by atomic mass is 16.3. The van der Waals surface area contributed by atoms with Gasteiger partial charge in [-0.1, -0.05) is 24.3 Å². The van der Waals surface area contributed by atoms with Gasteiger partial charge in [0.1, 0.15) is 5.41 Å². The third-order valence-electron chi connectivity index (χ3n) is 5.39. The lowest BCUT2D eigenvalue weighted by atomic mass is 9.89. The van der Waals surface area contributed by atoms with E-state index in [1.54, 1.807) is 35.8 Å². The number of carbonyl (C=O) groups excluding carboxylic acids is 3. The molecule has 0 spiro atoms. The zero-order chi connectivity index (χ0) is 21.0. The molecule has 1 fully saturated rings. The van der Waals surface area contributed by atoms with Crippen molar-refractivity contribution in [1.29, 1.82) is 0 Å². The van der Waals surface area contributed by atoms with E-state index in [0.29, 0.717) is 38.5 Å². The first-order chi connectivity index (χ1) is 13.8. The molecular weight excluding hydrogens is 370 g/mol. The lowest BCUT2D eigenvalue weighted by molar-refractivity contribution is -0.149. The first-order valence-electron chi connectivity index (χ1n) is 9.75. The summed E-state index contributed by atoms with van der Waals surface area (Å²) in [7, 11) is 0. The topological polar surface area (TPSA) is 82.9 Å². The highest BCUT2D eigenvalue weighted by Gasteiger charge is 2.40. The molecule has 1 aromatic carbocycles. The van der Waals surface area contributed by atoms with E-state index in [2.05, 4.69) is 5.32 Å². The molecule has 29 heavy (non-hydrogen) atoms. The normalized spacial score (nSPS) is 14.6. The van der Waals surface area contributed by atoms with E-state index < -0.39 is 5.41 Å². The summed E-state index contributed by atoms with van der Waals surface area (Å²) in [5.74, 6) is -0.428. The Morgan fingerprint density at radius 3 is 2.28 bits per heavy atom. The van der Waals surface area contributed by atoms with Crippen LogP contribution in [0.3, 0.4) is 0 Å². The Balaban J connectivity index is 1.55. The van der Waals surface area contributed by atoms with E-state index >= 15 is 0 Å². The monoisotopic (exact) mass is 397 g/mol. The van der Waals surface area contributed by atoms with Crippen molar-refractivity contribution in [1.82, 2.24) is 15.1 Å². The summed E-state index contributed by atoms with van der Waals surface area (Å²) >= 11 is 0. The molecule has 3 amide bonds. The van der Waals surface area contributed by atoms with E-state index in [1.165, 1.54) is 6.26 Å². The number of amides is 3. The van der Waals surface area contributed by atoms with Crippen molar-refractivity contribution >= 4 is 17.7 Å². The maximum absolute atomic E-state index is 13.0. The van der Waals surface area contributed by atoms with Gasteiger partial charge in [0, 0.05) is 32.7 Å². The van der Waals surface area contributed by atoms with Crippen LogP contribution in [0.5, 0.6) is 0 Å². The van der Waals surface area contributed by atoms with Gasteiger partial charge in [-0.15, -0.1) is 0 Å². The van der Waals surface area contributed by atoms with Crippen LogP contribution >= 0.6 is 0 Å². The zero-order valence-electron chi connectivity index (χ0n) is 17.1. The second-order valence-corrected chi connectivity index (χ2v) is 7.80. The number of piperazine rings is 1. The standard InChI is InChI=1S/C22H27N3O4/c1-16-7-4-5-8-17(16)15-23-20(27)22(2,3)21(28)25-12-10-24(11-13-25)19(26)18-9-6-14-29-18/h4-9,14H,10-13,15H2,1-3H3,(H,23,27). The van der Waals surface area contributed by atoms with Crippen LogP contribution in [0.15, 0.2) is 47.1 Å². The summed E-state index contributed by atoms with van der Waals surface area (Å²) in [5, 5.41) is 2.88. The van der Waals surface area contributed by atoms with E-state index in [0.717, 1.165) is 11.1 Å². The Morgan fingerprint density at radius 2 is 1.66 bits per heavy atom. The Hall–Kier alpha value is -3.09. The van der Waals surface area contributed by atoms with Crippen LogP contribution in [-0.2, 0) is 16.1 Å². The molecule has 0 atom stereocenters. The second-order valence-electron chi connectivity index (χ2n) is 7.80. The molecule has 2 aromatic rings. The van der Waals surface area contributed by atoms with Gasteiger partial charge >= 0.3 is 0 Å². The first kappa shape index (κ1) is 20.6. The molecule has 1 saturated heterocycles. The SMILES string of the molecule is Cc1ccccc1CNC(=O)C(C)(C)C(=O)N1CCN(C(=O)c2ccco2)CC1. The van der Waals surface area contributed by atoms with Gasteiger partial charge in [-0.2, -0.15) is 0 Å². The fraction of sp³-hybridized carbons (Fsp3) is 0.409. The Kier molecular flexibility index (Phi) is 6.06. The number of aryl methyl sites for hydroxylation is 1. The van der Waals surface area contributed by atoms with Gasteiger partial charge in [-0.3, -0.25) is 14.4 Å². The Labute approximate surface area is 170 Å². The number of furan rings is 1. The van der Waals surface area contributed by atoms with Crippen LogP contribution in [0.25, 0.3) is 0 Å². The average Bonchev–Trinajstić information content (AvgIpc) is 3.27. The largest absolute Gasteiger partial charge is 0.459 e. The molecule has 1 aliphatic heterocycles. The van der Waals surface area contributed by atoms with E-state index in [9.17, 15) is 14.4 Å². The molecule has 7 heteroatoms. The minimum absolute atomic E-state index is 0.183. The highest BCUT2D eigenvalue weighted by molar-refractivity contribution is 6.04. The summed E-state index contributed by atoms with van der Waals surface area (Å²) in [6.07, 6.45) is 1.46. The minimum atomic E-state index is -1.18. The minimum Gasteiger partial charge on any atom is -0.459 e. The van der Waals surface area contributed by atoms with Crippen molar-refractivity contribution in [3.05, 3.63) is 59.5 Å². The molecule has 154 valence electrons. The molecule has 0 bridgehead atoms. The smallest absolute Gasteiger partial charge is 0.289 e. The first-order valence-corrected chi connectivity index (χ1v) is 9.75. The molecule has 2 heterocycles. The highest BCUT2D eigenvalue weighted by Crippen LogP contribution is 2.21. The van der Waals surface area contributed by atoms with Crippen LogP contribution in [-0.4, -0.2) is 53.7 Å². The van der Waals surface area contributed by atoms with Crippen molar-refractivity contribution in [2.24, 2.45) is 5.41 Å². The van der Waals surface area contributed by atoms with Gasteiger partial charge in [0.05, 0.1) is 6.26 Å². The van der Waals surface area contributed by atoms with E-state index in [1.807, 2.05) is 31.2 Å². The zero-order valence-corrected chi connectivity index (χ0v) is 17.1. The molecule has 1 aromatic heterocycles. The van der Waals surface area contributed by atoms with Crippen LogP contribution in [0.4, 0.5) is 0 Å². The summed E-state index contributed by atoms with van der Waals surface area (Å²) in [6, 6.07) is 11.1. The van der Waals surface area contributed by atoms with E-state index in [4.69, 9.17) is 4.42 Å². The average molecular weight is 397 g/mol. The van der Waals surface area contributed by atoms with Crippen molar-refractivity contribution < 1.29 is 18.8 Å². The number of hydrogen-bond donors (Lipinski definition) is 1. The van der Waals surface area contributed by atoms with Crippen molar-refractivity contribution in [3.63, 3.8) is 0 Å². The van der Waals surface area contributed by atoms with Gasteiger partial charge in [0.25, 0.3) is 5.91 Å². The Morgan fingerprint density at radius 1 is 1.00 bits per heavy atom. The van der Waals surface area contributed by atoms with Gasteiger partial charge in [-0.05, 0) is 44.0 Å². The molecule has 1 aliphatic rings. The van der Waals surface area contributed by atoms with Crippen LogP contribution in [0.1, 0.15) is 35.5 Å². The van der Waals surface area contributed by atoms with Crippen LogP contribution < -0.4 is 5.32 Å². The summed E-state index contributed by atoms with van der Waals surface area (Å²) in [5.41, 5.74) is 0.930. The third-order valence-corrected chi connectivity index (χ3v) is 5.39. The van der Waals surface area contributed by atoms with Gasteiger partial charge in [0.15, 0.2) is 5.76 Å². The number of benzene rings is 1. The number of nitrogens with zero attached hydrogens (tertiary/aromatic N) is 2. The summed E-state index contributed by atoms with van der Waals surface area (Å²) in [6.45, 7) is 7.25. The Bertz CT molecular complexity index is 881. The quantitative estimate of drug-likeness (QED) is 0.785. The summed E-state index contributed by atoms with van der Waals surface area (Å²) < 4.78 is 5.16. The number of nitrogens with one attached hydrogen (secondary N) is 1. The summed E-state index contributed by atoms with van der Waals surface area (Å²) in [4.78, 5) is 41.4. The fourth-order valence-corrected chi connectivity index (χ4v) is 3.37. The van der Waals surface area contributed by atoms with Crippen LogP contribution in [0, 0.1) is 12.3 Å². The molecule has 0 radical (unpaired) electrons. The molecular formula is C22H27N3O4. The fourth-order valence-electron chi connectivity index (χ4n) is 3.37. The molecule has 3 rings (SSSR count). The van der Waals surface area contributed by atoms with Crippen molar-refractivity contribution in [2.45, 2.75) is 27.3 Å². The van der Waals surface area contributed by atoms with Crippen molar-refractivity contribution in [2.75, 3.05) is 26.2 Å². The van der Waals surface area contributed by atoms with E-state index in [-0.39, 0.29) is 17.7 Å². The predicted molar refractivity (Wildman–Crippen MR) is 108 cm³/mol. The molecule has 0 aliphatic carbocycles. The lowest BCUT2D eigenvalue weighted by Gasteiger charge is -2.37. The van der Waals surface area contributed by atoms with Gasteiger partial charge < -0.3 is 19.5 Å². The predicted octanol–water partition coefficient (Wildman–Crippen LogP) is 2.22. The number of carbonyl (C=O) groups is 3. The third kappa shape index (κ3) is 4.50. The molecule has 0 unspecified atom stereocenters. The van der Waals surface area contributed by atoms with Crippen LogP contribution in [0.2, 0.25) is 0 Å². The number of rotatable bonds is 5. The lowest BCUT2D eigenvalue weighted by Crippen LogP contribution is -2.56. The second kappa shape index (κ2) is 8.51. The molecule has 0 saturated carbocycles. The molecule has 7 nitrogen and oxygen atoms in total. The maximum Gasteiger partial charge on any atom is 0.289 e.